The minimum absolute atomic E-state index is 0.181. The van der Waals surface area contributed by atoms with Gasteiger partial charge in [0, 0.05) is 0 Å². The SMILES string of the molecule is COC(=O)[C@@H](C)N1C(=O)S/C(=C\c2cc(OC)c(OC)c(OC)c2)C1=O. The molecule has 1 fully saturated rings. The standard InChI is InChI=1S/C17H19NO7S/c1-9(16(20)25-5)18-15(19)13(26-17(18)21)8-10-6-11(22-2)14(24-4)12(7-10)23-3/h6-9H,1-5H3/b13-8-/t9-/m1/s1. The summed E-state index contributed by atoms with van der Waals surface area (Å²) in [7, 11) is 5.64. The second kappa shape index (κ2) is 8.13. The number of thioether (sulfide) groups is 1. The van der Waals surface area contributed by atoms with Gasteiger partial charge in [-0.1, -0.05) is 0 Å². The van der Waals surface area contributed by atoms with E-state index >= 15 is 0 Å². The molecular weight excluding hydrogens is 362 g/mol. The number of carbonyl (C=O) groups is 3. The van der Waals surface area contributed by atoms with Gasteiger partial charge in [0.2, 0.25) is 5.75 Å². The second-order valence-electron chi connectivity index (χ2n) is 5.21. The zero-order chi connectivity index (χ0) is 19.4. The molecule has 1 aliphatic rings. The number of imide groups is 1. The predicted octanol–water partition coefficient (Wildman–Crippen LogP) is 2.31. The van der Waals surface area contributed by atoms with Crippen molar-refractivity contribution >= 4 is 35.0 Å². The number of esters is 1. The van der Waals surface area contributed by atoms with Gasteiger partial charge in [-0.25, -0.2) is 4.79 Å². The highest BCUT2D eigenvalue weighted by molar-refractivity contribution is 8.18. The largest absolute Gasteiger partial charge is 0.493 e. The van der Waals surface area contributed by atoms with E-state index in [1.807, 2.05) is 0 Å². The highest BCUT2D eigenvalue weighted by Crippen LogP contribution is 2.40. The average molecular weight is 381 g/mol. The molecule has 2 amide bonds. The topological polar surface area (TPSA) is 91.4 Å². The fraction of sp³-hybridized carbons (Fsp3) is 0.353. The van der Waals surface area contributed by atoms with Crippen LogP contribution in [-0.2, 0) is 14.3 Å². The van der Waals surface area contributed by atoms with Gasteiger partial charge < -0.3 is 18.9 Å². The molecular formula is C17H19NO7S. The Bertz CT molecular complexity index is 749. The number of carbonyl (C=O) groups excluding carboxylic acids is 3. The average Bonchev–Trinajstić information content (AvgIpc) is 2.92. The van der Waals surface area contributed by atoms with E-state index in [-0.39, 0.29) is 4.91 Å². The van der Waals surface area contributed by atoms with Crippen molar-refractivity contribution in [3.05, 3.63) is 22.6 Å². The predicted molar refractivity (Wildman–Crippen MR) is 95.4 cm³/mol. The van der Waals surface area contributed by atoms with Gasteiger partial charge in [-0.3, -0.25) is 14.5 Å². The van der Waals surface area contributed by atoms with Crippen LogP contribution in [0.25, 0.3) is 6.08 Å². The van der Waals surface area contributed by atoms with Crippen LogP contribution in [0.3, 0.4) is 0 Å². The van der Waals surface area contributed by atoms with E-state index in [1.54, 1.807) is 12.1 Å². The third kappa shape index (κ3) is 3.62. The van der Waals surface area contributed by atoms with Crippen molar-refractivity contribution in [3.8, 4) is 17.2 Å². The Balaban J connectivity index is 2.40. The molecule has 1 aromatic carbocycles. The first-order valence-corrected chi connectivity index (χ1v) is 8.34. The quantitative estimate of drug-likeness (QED) is 0.548. The molecule has 1 atom stereocenters. The Labute approximate surface area is 155 Å². The van der Waals surface area contributed by atoms with Crippen LogP contribution >= 0.6 is 11.8 Å². The highest BCUT2D eigenvalue weighted by Gasteiger charge is 2.41. The lowest BCUT2D eigenvalue weighted by atomic mass is 10.1. The van der Waals surface area contributed by atoms with Crippen LogP contribution in [0.4, 0.5) is 4.79 Å². The first kappa shape index (κ1) is 19.6. The van der Waals surface area contributed by atoms with Crippen molar-refractivity contribution in [2.75, 3.05) is 28.4 Å². The Hall–Kier alpha value is -2.68. The fourth-order valence-electron chi connectivity index (χ4n) is 2.43. The third-order valence-corrected chi connectivity index (χ3v) is 4.62. The summed E-state index contributed by atoms with van der Waals surface area (Å²) in [6, 6.07) is 2.30. The number of benzene rings is 1. The molecule has 0 unspecified atom stereocenters. The second-order valence-corrected chi connectivity index (χ2v) is 6.20. The summed E-state index contributed by atoms with van der Waals surface area (Å²) < 4.78 is 20.4. The Morgan fingerprint density at radius 1 is 1.08 bits per heavy atom. The molecule has 9 heteroatoms. The number of methoxy groups -OCH3 is 4. The molecule has 140 valence electrons. The fourth-order valence-corrected chi connectivity index (χ4v) is 3.33. The van der Waals surface area contributed by atoms with Crippen molar-refractivity contribution in [2.45, 2.75) is 13.0 Å². The minimum Gasteiger partial charge on any atom is -0.493 e. The number of rotatable bonds is 6. The molecule has 0 N–H and O–H groups in total. The van der Waals surface area contributed by atoms with Crippen LogP contribution in [0.1, 0.15) is 12.5 Å². The van der Waals surface area contributed by atoms with Crippen molar-refractivity contribution < 1.29 is 33.3 Å². The van der Waals surface area contributed by atoms with E-state index in [4.69, 9.17) is 14.2 Å². The van der Waals surface area contributed by atoms with Gasteiger partial charge in [-0.15, -0.1) is 0 Å². The van der Waals surface area contributed by atoms with Gasteiger partial charge in [0.25, 0.3) is 11.1 Å². The van der Waals surface area contributed by atoms with Crippen LogP contribution < -0.4 is 14.2 Å². The summed E-state index contributed by atoms with van der Waals surface area (Å²) in [5.41, 5.74) is 0.579. The summed E-state index contributed by atoms with van der Waals surface area (Å²) in [6.45, 7) is 1.44. The molecule has 2 rings (SSSR count). The van der Waals surface area contributed by atoms with Crippen molar-refractivity contribution in [2.24, 2.45) is 0 Å². The Morgan fingerprint density at radius 3 is 2.12 bits per heavy atom. The normalized spacial score (nSPS) is 16.7. The van der Waals surface area contributed by atoms with Gasteiger partial charge in [0.15, 0.2) is 11.5 Å². The molecule has 8 nitrogen and oxygen atoms in total. The number of nitrogens with zero attached hydrogens (tertiary/aromatic N) is 1. The van der Waals surface area contributed by atoms with E-state index in [0.29, 0.717) is 22.8 Å². The number of hydrogen-bond acceptors (Lipinski definition) is 8. The number of amides is 2. The highest BCUT2D eigenvalue weighted by atomic mass is 32.2. The zero-order valence-corrected chi connectivity index (χ0v) is 15.8. The minimum atomic E-state index is -1.00. The van der Waals surface area contributed by atoms with Gasteiger partial charge in [-0.2, -0.15) is 0 Å². The van der Waals surface area contributed by atoms with Crippen molar-refractivity contribution in [3.63, 3.8) is 0 Å². The van der Waals surface area contributed by atoms with Crippen LogP contribution in [-0.4, -0.2) is 56.5 Å². The van der Waals surface area contributed by atoms with Gasteiger partial charge in [0.05, 0.1) is 33.3 Å². The monoisotopic (exact) mass is 381 g/mol. The molecule has 1 heterocycles. The van der Waals surface area contributed by atoms with E-state index < -0.39 is 23.2 Å². The molecule has 0 radical (unpaired) electrons. The van der Waals surface area contributed by atoms with E-state index in [0.717, 1.165) is 16.7 Å². The molecule has 0 aromatic heterocycles. The molecule has 0 bridgehead atoms. The van der Waals surface area contributed by atoms with Crippen LogP contribution in [0.5, 0.6) is 17.2 Å². The summed E-state index contributed by atoms with van der Waals surface area (Å²) >= 11 is 0.748. The number of ether oxygens (including phenoxy) is 4. The van der Waals surface area contributed by atoms with Crippen LogP contribution in [0.2, 0.25) is 0 Å². The van der Waals surface area contributed by atoms with Crippen molar-refractivity contribution in [1.29, 1.82) is 0 Å². The maximum absolute atomic E-state index is 12.5. The summed E-state index contributed by atoms with van der Waals surface area (Å²) in [5, 5.41) is -0.536. The number of hydrogen-bond donors (Lipinski definition) is 0. The Kier molecular flexibility index (Phi) is 6.14. The lowest BCUT2D eigenvalue weighted by molar-refractivity contribution is -0.148. The van der Waals surface area contributed by atoms with Gasteiger partial charge in [0.1, 0.15) is 6.04 Å². The zero-order valence-electron chi connectivity index (χ0n) is 15.0. The molecule has 1 aromatic rings. The first-order valence-electron chi connectivity index (χ1n) is 7.52. The van der Waals surface area contributed by atoms with Crippen LogP contribution in [0, 0.1) is 0 Å². The van der Waals surface area contributed by atoms with Gasteiger partial charge in [-0.05, 0) is 42.5 Å². The van der Waals surface area contributed by atoms with E-state index in [1.165, 1.54) is 41.4 Å². The first-order chi connectivity index (χ1) is 12.4. The summed E-state index contributed by atoms with van der Waals surface area (Å²) in [5.74, 6) is 0.0214. The molecule has 26 heavy (non-hydrogen) atoms. The lowest BCUT2D eigenvalue weighted by Crippen LogP contribution is -2.42. The van der Waals surface area contributed by atoms with Gasteiger partial charge >= 0.3 is 5.97 Å². The third-order valence-electron chi connectivity index (χ3n) is 3.74. The molecule has 0 saturated carbocycles. The molecule has 0 spiro atoms. The van der Waals surface area contributed by atoms with Crippen LogP contribution in [0.15, 0.2) is 17.0 Å². The maximum atomic E-state index is 12.5. The van der Waals surface area contributed by atoms with E-state index in [9.17, 15) is 14.4 Å². The molecule has 1 aliphatic heterocycles. The smallest absolute Gasteiger partial charge is 0.328 e. The summed E-state index contributed by atoms with van der Waals surface area (Å²) in [4.78, 5) is 37.4. The molecule has 1 saturated heterocycles. The summed E-state index contributed by atoms with van der Waals surface area (Å²) in [6.07, 6.45) is 1.53. The van der Waals surface area contributed by atoms with E-state index in [2.05, 4.69) is 4.74 Å². The maximum Gasteiger partial charge on any atom is 0.328 e. The molecule has 0 aliphatic carbocycles. The Morgan fingerprint density at radius 2 is 1.65 bits per heavy atom. The lowest BCUT2D eigenvalue weighted by Gasteiger charge is -2.18. The van der Waals surface area contributed by atoms with Crippen molar-refractivity contribution in [1.82, 2.24) is 4.90 Å².